The van der Waals surface area contributed by atoms with Crippen LogP contribution in [0.1, 0.15) is 40.5 Å². The number of aromatic nitrogens is 1. The second-order valence-corrected chi connectivity index (χ2v) is 8.25. The summed E-state index contributed by atoms with van der Waals surface area (Å²) in [4.78, 5) is 13.3. The number of para-hydroxylation sites is 1. The van der Waals surface area contributed by atoms with Gasteiger partial charge >= 0.3 is 0 Å². The molecule has 1 amide bonds. The molecule has 29 heavy (non-hydrogen) atoms. The Balaban J connectivity index is 1.53. The van der Waals surface area contributed by atoms with Gasteiger partial charge in [-0.1, -0.05) is 42.5 Å². The number of hydrogen-bond acceptors (Lipinski definition) is 3. The third-order valence-electron chi connectivity index (χ3n) is 6.90. The Bertz CT molecular complexity index is 1060. The third kappa shape index (κ3) is 2.72. The number of carbonyl (C=O) groups is 1. The van der Waals surface area contributed by atoms with E-state index in [-0.39, 0.29) is 23.5 Å². The van der Waals surface area contributed by atoms with Gasteiger partial charge in [0.1, 0.15) is 5.69 Å². The lowest BCUT2D eigenvalue weighted by Gasteiger charge is -2.40. The molecular weight excluding hydrogens is 362 g/mol. The number of carbonyl (C=O) groups excluding carboxylic acids is 1. The monoisotopic (exact) mass is 389 g/mol. The highest BCUT2D eigenvalue weighted by molar-refractivity contribution is 5.99. The summed E-state index contributed by atoms with van der Waals surface area (Å²) in [6.45, 7) is 1.94. The van der Waals surface area contributed by atoms with Crippen LogP contribution in [0.25, 0.3) is 10.9 Å². The van der Waals surface area contributed by atoms with Crippen molar-refractivity contribution >= 4 is 16.8 Å². The molecule has 1 aliphatic heterocycles. The number of ether oxygens (including phenoxy) is 1. The lowest BCUT2D eigenvalue weighted by Crippen LogP contribution is -2.49. The smallest absolute Gasteiger partial charge is 0.268 e. The Morgan fingerprint density at radius 1 is 1.14 bits per heavy atom. The van der Waals surface area contributed by atoms with E-state index in [0.29, 0.717) is 5.69 Å². The van der Waals surface area contributed by atoms with Gasteiger partial charge in [-0.05, 0) is 49.2 Å². The topological polar surface area (TPSA) is 55.3 Å². The fraction of sp³-hybridized carbons (Fsp3) is 0.375. The van der Waals surface area contributed by atoms with Gasteiger partial charge in [0.15, 0.2) is 0 Å². The number of piperidine rings is 1. The van der Waals surface area contributed by atoms with E-state index < -0.39 is 0 Å². The fourth-order valence-corrected chi connectivity index (χ4v) is 5.52. The van der Waals surface area contributed by atoms with Gasteiger partial charge < -0.3 is 19.9 Å². The van der Waals surface area contributed by atoms with Crippen LogP contribution in [0.15, 0.2) is 54.6 Å². The van der Waals surface area contributed by atoms with Gasteiger partial charge in [-0.3, -0.25) is 4.79 Å². The first-order chi connectivity index (χ1) is 14.2. The first kappa shape index (κ1) is 18.4. The maximum Gasteiger partial charge on any atom is 0.268 e. The van der Waals surface area contributed by atoms with Crippen molar-refractivity contribution in [1.82, 2.24) is 15.2 Å². The van der Waals surface area contributed by atoms with E-state index in [1.54, 1.807) is 7.11 Å². The molecule has 3 aromatic rings. The van der Waals surface area contributed by atoms with Crippen LogP contribution in [-0.4, -0.2) is 36.8 Å². The average Bonchev–Trinajstić information content (AvgIpc) is 3.22. The summed E-state index contributed by atoms with van der Waals surface area (Å²) >= 11 is 0. The van der Waals surface area contributed by atoms with Crippen molar-refractivity contribution in [2.24, 2.45) is 7.05 Å². The van der Waals surface area contributed by atoms with Gasteiger partial charge in [0, 0.05) is 30.5 Å². The second-order valence-electron chi connectivity index (χ2n) is 8.25. The molecule has 1 spiro atoms. The molecule has 1 saturated heterocycles. The van der Waals surface area contributed by atoms with Crippen molar-refractivity contribution in [3.05, 3.63) is 71.4 Å². The molecule has 1 fully saturated rings. The molecule has 0 unspecified atom stereocenters. The molecule has 0 radical (unpaired) electrons. The van der Waals surface area contributed by atoms with Crippen LogP contribution >= 0.6 is 0 Å². The van der Waals surface area contributed by atoms with Crippen LogP contribution in [-0.2, 0) is 17.2 Å². The van der Waals surface area contributed by atoms with E-state index in [2.05, 4.69) is 34.9 Å². The van der Waals surface area contributed by atoms with Crippen molar-refractivity contribution in [3.63, 3.8) is 0 Å². The SMILES string of the molecule is CO[C@H]1[C@H](NC(=O)c2cc3ccccc3n2C)c2ccccc2C12CCNCC2. The molecule has 2 N–H and O–H groups in total. The van der Waals surface area contributed by atoms with E-state index in [4.69, 9.17) is 4.74 Å². The standard InChI is InChI=1S/C24H27N3O2/c1-27-19-10-6-3-7-16(19)15-20(27)23(28)26-21-17-8-4-5-9-18(17)24(22(21)29-2)11-13-25-14-12-24/h3-10,15,21-22,25H,11-14H2,1-2H3,(H,26,28)/t21-,22+/m1/s1. The van der Waals surface area contributed by atoms with Crippen molar-refractivity contribution in [3.8, 4) is 0 Å². The largest absolute Gasteiger partial charge is 0.378 e. The summed E-state index contributed by atoms with van der Waals surface area (Å²) in [7, 11) is 3.72. The van der Waals surface area contributed by atoms with E-state index in [9.17, 15) is 4.79 Å². The quantitative estimate of drug-likeness (QED) is 0.723. The van der Waals surface area contributed by atoms with Crippen LogP contribution in [0.2, 0.25) is 0 Å². The van der Waals surface area contributed by atoms with Gasteiger partial charge in [-0.25, -0.2) is 0 Å². The molecule has 1 aliphatic carbocycles. The predicted molar refractivity (Wildman–Crippen MR) is 114 cm³/mol. The zero-order valence-corrected chi connectivity index (χ0v) is 16.9. The zero-order valence-electron chi connectivity index (χ0n) is 16.9. The van der Waals surface area contributed by atoms with E-state index in [0.717, 1.165) is 36.8 Å². The first-order valence-electron chi connectivity index (χ1n) is 10.3. The van der Waals surface area contributed by atoms with Gasteiger partial charge in [-0.2, -0.15) is 0 Å². The lowest BCUT2D eigenvalue weighted by molar-refractivity contribution is 0.00389. The highest BCUT2D eigenvalue weighted by Gasteiger charge is 2.53. The number of rotatable bonds is 3. The molecule has 5 rings (SSSR count). The summed E-state index contributed by atoms with van der Waals surface area (Å²) in [6, 6.07) is 18.4. The molecule has 5 nitrogen and oxygen atoms in total. The fourth-order valence-electron chi connectivity index (χ4n) is 5.52. The van der Waals surface area contributed by atoms with Gasteiger partial charge in [0.2, 0.25) is 0 Å². The number of aryl methyl sites for hydroxylation is 1. The summed E-state index contributed by atoms with van der Waals surface area (Å²) in [5, 5.41) is 7.86. The van der Waals surface area contributed by atoms with Crippen molar-refractivity contribution < 1.29 is 9.53 Å². The molecular formula is C24H27N3O2. The average molecular weight is 389 g/mol. The molecule has 5 heteroatoms. The Morgan fingerprint density at radius 2 is 1.86 bits per heavy atom. The molecule has 1 aromatic heterocycles. The second kappa shape index (κ2) is 7.01. The molecule has 2 aliphatic rings. The molecule has 2 heterocycles. The van der Waals surface area contributed by atoms with Gasteiger partial charge in [-0.15, -0.1) is 0 Å². The highest BCUT2D eigenvalue weighted by atomic mass is 16.5. The van der Waals surface area contributed by atoms with Gasteiger partial charge in [0.25, 0.3) is 5.91 Å². The number of nitrogens with one attached hydrogen (secondary N) is 2. The number of benzene rings is 2. The Labute approximate surface area is 171 Å². The normalized spacial score (nSPS) is 22.7. The van der Waals surface area contributed by atoms with E-state index in [1.165, 1.54) is 11.1 Å². The number of fused-ring (bicyclic) bond motifs is 3. The molecule has 0 bridgehead atoms. The maximum absolute atomic E-state index is 13.3. The molecule has 0 saturated carbocycles. The Hall–Kier alpha value is -2.63. The van der Waals surface area contributed by atoms with Gasteiger partial charge in [0.05, 0.1) is 12.1 Å². The number of nitrogens with zero attached hydrogens (tertiary/aromatic N) is 1. The minimum Gasteiger partial charge on any atom is -0.378 e. The molecule has 2 aromatic carbocycles. The predicted octanol–water partition coefficient (Wildman–Crippen LogP) is 3.30. The zero-order chi connectivity index (χ0) is 20.0. The number of amides is 1. The summed E-state index contributed by atoms with van der Waals surface area (Å²) < 4.78 is 8.04. The molecule has 150 valence electrons. The van der Waals surface area contributed by atoms with Crippen LogP contribution in [0.5, 0.6) is 0 Å². The Morgan fingerprint density at radius 3 is 2.62 bits per heavy atom. The van der Waals surface area contributed by atoms with Crippen LogP contribution in [0.3, 0.4) is 0 Å². The van der Waals surface area contributed by atoms with E-state index in [1.807, 2.05) is 41.9 Å². The van der Waals surface area contributed by atoms with Crippen LogP contribution < -0.4 is 10.6 Å². The van der Waals surface area contributed by atoms with Crippen LogP contribution in [0.4, 0.5) is 0 Å². The number of methoxy groups -OCH3 is 1. The maximum atomic E-state index is 13.3. The van der Waals surface area contributed by atoms with Crippen molar-refractivity contribution in [2.45, 2.75) is 30.4 Å². The van der Waals surface area contributed by atoms with Crippen molar-refractivity contribution in [2.75, 3.05) is 20.2 Å². The third-order valence-corrected chi connectivity index (χ3v) is 6.90. The summed E-state index contributed by atoms with van der Waals surface area (Å²) in [6.07, 6.45) is 1.96. The minimum atomic E-state index is -0.153. The first-order valence-corrected chi connectivity index (χ1v) is 10.3. The molecule has 2 atom stereocenters. The lowest BCUT2D eigenvalue weighted by atomic mass is 9.72. The Kier molecular flexibility index (Phi) is 4.45. The van der Waals surface area contributed by atoms with Crippen molar-refractivity contribution in [1.29, 1.82) is 0 Å². The highest BCUT2D eigenvalue weighted by Crippen LogP contribution is 2.51. The summed E-state index contributed by atoms with van der Waals surface area (Å²) in [5.41, 5.74) is 4.20. The summed E-state index contributed by atoms with van der Waals surface area (Å²) in [5.74, 6) is -0.0588. The van der Waals surface area contributed by atoms with E-state index >= 15 is 0 Å². The van der Waals surface area contributed by atoms with Crippen LogP contribution in [0, 0.1) is 0 Å². The number of hydrogen-bond donors (Lipinski definition) is 2. The minimum absolute atomic E-state index is 0.0482.